The molecule has 0 aliphatic carbocycles. The van der Waals surface area contributed by atoms with Crippen LogP contribution in [0.3, 0.4) is 0 Å². The molecule has 0 saturated heterocycles. The quantitative estimate of drug-likeness (QED) is 0.0261. The van der Waals surface area contributed by atoms with Gasteiger partial charge in [-0.1, -0.05) is 285 Å². The Morgan fingerprint density at radius 2 is 0.533 bits per heavy atom. The van der Waals surface area contributed by atoms with Gasteiger partial charge in [0.05, 0.1) is 0 Å². The Kier molecular flexibility index (Phi) is 59.8. The molecule has 1 atom stereocenters. The first kappa shape index (κ1) is 71.3. The number of carbonyl (C=O) groups excluding carboxylic acids is 3. The summed E-state index contributed by atoms with van der Waals surface area (Å²) in [5, 5.41) is 0. The summed E-state index contributed by atoms with van der Waals surface area (Å²) in [6.45, 7) is 6.50. The number of hydrogen-bond acceptors (Lipinski definition) is 6. The zero-order valence-electron chi connectivity index (χ0n) is 49.3. The number of unbranched alkanes of at least 4 members (excludes halogenated alkanes) is 30. The highest BCUT2D eigenvalue weighted by Gasteiger charge is 2.19. The maximum atomic E-state index is 12.9. The van der Waals surface area contributed by atoms with E-state index in [1.54, 1.807) is 0 Å². The third-order valence-electron chi connectivity index (χ3n) is 13.6. The first-order valence-corrected chi connectivity index (χ1v) is 31.7. The van der Waals surface area contributed by atoms with Crippen molar-refractivity contribution in [1.82, 2.24) is 0 Å². The van der Waals surface area contributed by atoms with Crippen LogP contribution in [-0.4, -0.2) is 37.2 Å². The molecule has 6 nitrogen and oxygen atoms in total. The second kappa shape index (κ2) is 62.9. The van der Waals surface area contributed by atoms with E-state index in [-0.39, 0.29) is 37.5 Å². The Balaban J connectivity index is 4.43. The lowest BCUT2D eigenvalue weighted by molar-refractivity contribution is -0.167. The molecule has 1 unspecified atom stereocenters. The fourth-order valence-corrected chi connectivity index (χ4v) is 8.84. The van der Waals surface area contributed by atoms with Gasteiger partial charge >= 0.3 is 17.9 Å². The number of ether oxygens (including phenoxy) is 3. The van der Waals surface area contributed by atoms with E-state index in [0.29, 0.717) is 19.3 Å². The Morgan fingerprint density at radius 3 is 0.880 bits per heavy atom. The van der Waals surface area contributed by atoms with E-state index in [1.807, 2.05) is 0 Å². The number of rotatable bonds is 57. The van der Waals surface area contributed by atoms with E-state index in [4.69, 9.17) is 14.2 Å². The smallest absolute Gasteiger partial charge is 0.306 e. The third kappa shape index (κ3) is 61.1. The summed E-state index contributed by atoms with van der Waals surface area (Å²) in [5.41, 5.74) is 0. The van der Waals surface area contributed by atoms with E-state index in [0.717, 1.165) is 89.9 Å². The monoisotopic (exact) mass is 1040 g/mol. The summed E-state index contributed by atoms with van der Waals surface area (Å²) in [7, 11) is 0. The second-order valence-electron chi connectivity index (χ2n) is 20.9. The van der Waals surface area contributed by atoms with Crippen molar-refractivity contribution < 1.29 is 28.6 Å². The van der Waals surface area contributed by atoms with Crippen LogP contribution in [0.25, 0.3) is 0 Å². The van der Waals surface area contributed by atoms with E-state index < -0.39 is 6.10 Å². The van der Waals surface area contributed by atoms with Crippen LogP contribution in [0.5, 0.6) is 0 Å². The van der Waals surface area contributed by atoms with Gasteiger partial charge in [0.25, 0.3) is 0 Å². The fourth-order valence-electron chi connectivity index (χ4n) is 8.84. The van der Waals surface area contributed by atoms with E-state index in [2.05, 4.69) is 118 Å². The Hall–Kier alpha value is -3.67. The third-order valence-corrected chi connectivity index (χ3v) is 13.6. The maximum absolute atomic E-state index is 12.9. The molecule has 0 bridgehead atoms. The van der Waals surface area contributed by atoms with Gasteiger partial charge in [-0.05, 0) is 96.3 Å². The molecule has 0 amide bonds. The number of esters is 3. The van der Waals surface area contributed by atoms with E-state index >= 15 is 0 Å². The van der Waals surface area contributed by atoms with Crippen molar-refractivity contribution in [1.29, 1.82) is 0 Å². The molecular formula is C69H118O6. The van der Waals surface area contributed by atoms with Crippen molar-refractivity contribution in [2.24, 2.45) is 0 Å². The highest BCUT2D eigenvalue weighted by Crippen LogP contribution is 2.16. The molecule has 430 valence electrons. The largest absolute Gasteiger partial charge is 0.462 e. The summed E-state index contributed by atoms with van der Waals surface area (Å²) in [4.78, 5) is 38.3. The van der Waals surface area contributed by atoms with Crippen molar-refractivity contribution in [3.05, 3.63) is 97.2 Å². The fraction of sp³-hybridized carbons (Fsp3) is 0.725. The molecule has 0 fully saturated rings. The van der Waals surface area contributed by atoms with Gasteiger partial charge in [0, 0.05) is 19.3 Å². The minimum atomic E-state index is -0.802. The van der Waals surface area contributed by atoms with Gasteiger partial charge in [0.15, 0.2) is 6.10 Å². The van der Waals surface area contributed by atoms with E-state index in [9.17, 15) is 14.4 Å². The predicted molar refractivity (Wildman–Crippen MR) is 325 cm³/mol. The first-order chi connectivity index (χ1) is 37.0. The van der Waals surface area contributed by atoms with Gasteiger partial charge in [0.1, 0.15) is 13.2 Å². The lowest BCUT2D eigenvalue weighted by Gasteiger charge is -2.18. The number of hydrogen-bond donors (Lipinski definition) is 0. The average molecular weight is 1040 g/mol. The minimum absolute atomic E-state index is 0.0940. The minimum Gasteiger partial charge on any atom is -0.462 e. The molecule has 0 aromatic carbocycles. The molecule has 0 spiro atoms. The average Bonchev–Trinajstić information content (AvgIpc) is 3.41. The molecule has 0 radical (unpaired) electrons. The normalized spacial score (nSPS) is 12.7. The molecule has 0 aromatic heterocycles. The van der Waals surface area contributed by atoms with Gasteiger partial charge in [-0.3, -0.25) is 14.4 Å². The molecule has 0 rings (SSSR count). The molecule has 0 aliphatic rings. The summed E-state index contributed by atoms with van der Waals surface area (Å²) < 4.78 is 16.9. The van der Waals surface area contributed by atoms with Gasteiger partial charge in [-0.2, -0.15) is 0 Å². The zero-order valence-corrected chi connectivity index (χ0v) is 49.3. The van der Waals surface area contributed by atoms with Crippen molar-refractivity contribution in [2.45, 2.75) is 309 Å². The molecule has 6 heteroatoms. The SMILES string of the molecule is CC/C=C\C/C=C\C/C=C\C/C=C\C/C=C\C/C=C\C/C=C\CCCC(=O)OCC(COC(=O)CCCCCCCCCCCCCCC)OC(=O)CCCCCCCCCCC/C=C\CCCCCCCCCC. The predicted octanol–water partition coefficient (Wildman–Crippen LogP) is 21.7. The highest BCUT2D eigenvalue weighted by molar-refractivity contribution is 5.71. The van der Waals surface area contributed by atoms with Crippen LogP contribution in [0.1, 0.15) is 303 Å². The van der Waals surface area contributed by atoms with Crippen molar-refractivity contribution >= 4 is 17.9 Å². The maximum Gasteiger partial charge on any atom is 0.306 e. The van der Waals surface area contributed by atoms with Crippen LogP contribution in [-0.2, 0) is 28.6 Å². The van der Waals surface area contributed by atoms with E-state index in [1.165, 1.54) is 167 Å². The van der Waals surface area contributed by atoms with Crippen LogP contribution < -0.4 is 0 Å². The summed E-state index contributed by atoms with van der Waals surface area (Å²) in [5.74, 6) is -0.948. The van der Waals surface area contributed by atoms with Crippen LogP contribution in [0.2, 0.25) is 0 Å². The van der Waals surface area contributed by atoms with Crippen molar-refractivity contribution in [2.75, 3.05) is 13.2 Å². The topological polar surface area (TPSA) is 78.9 Å². The lowest BCUT2D eigenvalue weighted by atomic mass is 10.0. The lowest BCUT2D eigenvalue weighted by Crippen LogP contribution is -2.30. The molecule has 0 N–H and O–H groups in total. The standard InChI is InChI=1S/C69H118O6/c1-4-7-10-13-16-19-22-25-27-29-31-33-34-36-37-39-41-44-47-50-53-56-59-62-68(71)74-65-66(64-73-67(70)61-58-55-52-49-46-43-24-21-18-15-12-9-6-3)75-69(72)63-60-57-54-51-48-45-42-40-38-35-32-30-28-26-23-20-17-14-11-8-5-2/h7,10,16,19,25,27,30-33,36-37,41,44,50,53,66H,4-6,8-9,11-15,17-18,20-24,26,28-29,34-35,38-40,42-43,45-49,51-52,54-65H2,1-3H3/b10-7-,19-16-,27-25-,32-30-,33-31-,37-36-,44-41-,53-50-. The molecule has 0 aromatic rings. The van der Waals surface area contributed by atoms with Crippen LogP contribution in [0.4, 0.5) is 0 Å². The van der Waals surface area contributed by atoms with Crippen LogP contribution in [0, 0.1) is 0 Å². The molecule has 0 aliphatic heterocycles. The van der Waals surface area contributed by atoms with Crippen molar-refractivity contribution in [3.63, 3.8) is 0 Å². The Bertz CT molecular complexity index is 1480. The molecule has 75 heavy (non-hydrogen) atoms. The van der Waals surface area contributed by atoms with Gasteiger partial charge in [-0.15, -0.1) is 0 Å². The zero-order chi connectivity index (χ0) is 54.3. The second-order valence-corrected chi connectivity index (χ2v) is 20.9. The molecule has 0 saturated carbocycles. The van der Waals surface area contributed by atoms with Gasteiger partial charge < -0.3 is 14.2 Å². The highest BCUT2D eigenvalue weighted by atomic mass is 16.6. The summed E-state index contributed by atoms with van der Waals surface area (Å²) in [6.07, 6.45) is 84.1. The Labute approximate surface area is 464 Å². The first-order valence-electron chi connectivity index (χ1n) is 31.7. The van der Waals surface area contributed by atoms with Crippen molar-refractivity contribution in [3.8, 4) is 0 Å². The van der Waals surface area contributed by atoms with Crippen LogP contribution >= 0.6 is 0 Å². The Morgan fingerprint density at radius 1 is 0.280 bits per heavy atom. The molecular weight excluding hydrogens is 925 g/mol. The van der Waals surface area contributed by atoms with Gasteiger partial charge in [-0.25, -0.2) is 0 Å². The van der Waals surface area contributed by atoms with Crippen LogP contribution in [0.15, 0.2) is 97.2 Å². The summed E-state index contributed by atoms with van der Waals surface area (Å²) in [6, 6.07) is 0. The number of carbonyl (C=O) groups is 3. The number of allylic oxidation sites excluding steroid dienone is 16. The summed E-state index contributed by atoms with van der Waals surface area (Å²) >= 11 is 0. The molecule has 0 heterocycles. The van der Waals surface area contributed by atoms with Gasteiger partial charge in [0.2, 0.25) is 0 Å².